The van der Waals surface area contributed by atoms with Crippen LogP contribution in [-0.4, -0.2) is 18.7 Å². The molecule has 2 rings (SSSR count). The Morgan fingerprint density at radius 1 is 1.17 bits per heavy atom. The van der Waals surface area contributed by atoms with Crippen LogP contribution in [0.5, 0.6) is 5.75 Å². The average molecular weight is 314 g/mol. The number of benzene rings is 2. The lowest BCUT2D eigenvalue weighted by molar-refractivity contribution is 0.0950. The van der Waals surface area contributed by atoms with E-state index in [-0.39, 0.29) is 5.56 Å². The number of hydrazone groups is 1. The summed E-state index contributed by atoms with van der Waals surface area (Å²) in [6, 6.07) is 13.6. The molecule has 1 amide bonds. The molecule has 0 fully saturated rings. The Kier molecular flexibility index (Phi) is 5.86. The molecule has 0 bridgehead atoms. The standard InChI is InChI=1S/C18H19FN2O2/c1-13(7-8-14-9-11-15(23-2)12-10-14)20-21-18(22)16-5-3-4-6-17(16)19/h3-6,9-12H,7-8H2,1-2H3,(H,21,22)/b20-13-. The van der Waals surface area contributed by atoms with Crippen LogP contribution in [0.2, 0.25) is 0 Å². The highest BCUT2D eigenvalue weighted by Gasteiger charge is 2.09. The lowest BCUT2D eigenvalue weighted by Gasteiger charge is -2.05. The second-order valence-electron chi connectivity index (χ2n) is 5.12. The van der Waals surface area contributed by atoms with Crippen molar-refractivity contribution in [1.29, 1.82) is 0 Å². The number of nitrogens with one attached hydrogen (secondary N) is 1. The van der Waals surface area contributed by atoms with E-state index in [2.05, 4.69) is 10.5 Å². The maximum absolute atomic E-state index is 13.5. The van der Waals surface area contributed by atoms with Gasteiger partial charge in [-0.25, -0.2) is 9.82 Å². The van der Waals surface area contributed by atoms with Crippen molar-refractivity contribution in [2.75, 3.05) is 7.11 Å². The Bertz CT molecular complexity index is 696. The van der Waals surface area contributed by atoms with Gasteiger partial charge in [-0.15, -0.1) is 0 Å². The Morgan fingerprint density at radius 3 is 2.52 bits per heavy atom. The monoisotopic (exact) mass is 314 g/mol. The fourth-order valence-corrected chi connectivity index (χ4v) is 2.03. The van der Waals surface area contributed by atoms with E-state index in [1.165, 1.54) is 18.2 Å². The van der Waals surface area contributed by atoms with E-state index < -0.39 is 11.7 Å². The zero-order chi connectivity index (χ0) is 16.7. The Hall–Kier alpha value is -2.69. The number of hydrogen-bond acceptors (Lipinski definition) is 3. The Balaban J connectivity index is 1.87. The molecule has 4 nitrogen and oxygen atoms in total. The smallest absolute Gasteiger partial charge is 0.274 e. The third-order valence-electron chi connectivity index (χ3n) is 3.40. The minimum atomic E-state index is -0.559. The molecule has 0 atom stereocenters. The van der Waals surface area contributed by atoms with Gasteiger partial charge in [-0.2, -0.15) is 5.10 Å². The summed E-state index contributed by atoms with van der Waals surface area (Å²) in [5.41, 5.74) is 4.29. The summed E-state index contributed by atoms with van der Waals surface area (Å²) in [6.07, 6.45) is 1.50. The van der Waals surface area contributed by atoms with Crippen molar-refractivity contribution in [3.8, 4) is 5.75 Å². The molecule has 0 saturated heterocycles. The van der Waals surface area contributed by atoms with E-state index in [1.54, 1.807) is 13.2 Å². The number of carbonyl (C=O) groups excluding carboxylic acids is 1. The van der Waals surface area contributed by atoms with Gasteiger partial charge < -0.3 is 4.74 Å². The zero-order valence-corrected chi connectivity index (χ0v) is 13.2. The van der Waals surface area contributed by atoms with E-state index in [0.29, 0.717) is 6.42 Å². The summed E-state index contributed by atoms with van der Waals surface area (Å²) in [5, 5.41) is 4.02. The molecule has 0 aliphatic carbocycles. The molecule has 0 aliphatic rings. The molecule has 120 valence electrons. The van der Waals surface area contributed by atoms with Gasteiger partial charge in [0.1, 0.15) is 11.6 Å². The van der Waals surface area contributed by atoms with Gasteiger partial charge in [-0.05, 0) is 49.6 Å². The number of carbonyl (C=O) groups is 1. The third kappa shape index (κ3) is 4.92. The number of rotatable bonds is 6. The molecule has 2 aromatic carbocycles. The van der Waals surface area contributed by atoms with Crippen LogP contribution in [0.4, 0.5) is 4.39 Å². The van der Waals surface area contributed by atoms with E-state index >= 15 is 0 Å². The second kappa shape index (κ2) is 8.08. The van der Waals surface area contributed by atoms with Gasteiger partial charge in [0.05, 0.1) is 12.7 Å². The number of methoxy groups -OCH3 is 1. The molecule has 5 heteroatoms. The van der Waals surface area contributed by atoms with Gasteiger partial charge in [-0.1, -0.05) is 24.3 Å². The van der Waals surface area contributed by atoms with Crippen molar-refractivity contribution in [2.24, 2.45) is 5.10 Å². The molecule has 1 N–H and O–H groups in total. The first kappa shape index (κ1) is 16.7. The third-order valence-corrected chi connectivity index (χ3v) is 3.40. The van der Waals surface area contributed by atoms with Crippen molar-refractivity contribution in [2.45, 2.75) is 19.8 Å². The maximum atomic E-state index is 13.5. The van der Waals surface area contributed by atoms with Crippen LogP contribution in [-0.2, 0) is 6.42 Å². The van der Waals surface area contributed by atoms with Crippen molar-refractivity contribution in [3.05, 3.63) is 65.5 Å². The fourth-order valence-electron chi connectivity index (χ4n) is 2.03. The lowest BCUT2D eigenvalue weighted by Crippen LogP contribution is -2.20. The van der Waals surface area contributed by atoms with Gasteiger partial charge >= 0.3 is 0 Å². The van der Waals surface area contributed by atoms with Gasteiger partial charge in [0.2, 0.25) is 0 Å². The molecule has 0 aromatic heterocycles. The SMILES string of the molecule is COc1ccc(CC/C(C)=N\NC(=O)c2ccccc2F)cc1. The number of aryl methyl sites for hydroxylation is 1. The molecule has 23 heavy (non-hydrogen) atoms. The minimum absolute atomic E-state index is 0.0146. The minimum Gasteiger partial charge on any atom is -0.497 e. The van der Waals surface area contributed by atoms with Crippen LogP contribution in [0.15, 0.2) is 53.6 Å². The van der Waals surface area contributed by atoms with Crippen LogP contribution in [0, 0.1) is 5.82 Å². The number of nitrogens with zero attached hydrogens (tertiary/aromatic N) is 1. The summed E-state index contributed by atoms with van der Waals surface area (Å²) in [4.78, 5) is 11.8. The predicted octanol–water partition coefficient (Wildman–Crippen LogP) is 3.57. The van der Waals surface area contributed by atoms with Gasteiger partial charge in [-0.3, -0.25) is 4.79 Å². The largest absolute Gasteiger partial charge is 0.497 e. The van der Waals surface area contributed by atoms with Crippen LogP contribution in [0.3, 0.4) is 0 Å². The number of ether oxygens (including phenoxy) is 1. The van der Waals surface area contributed by atoms with E-state index in [4.69, 9.17) is 4.74 Å². The topological polar surface area (TPSA) is 50.7 Å². The molecule has 0 radical (unpaired) electrons. The molecule has 0 unspecified atom stereocenters. The molecule has 0 saturated carbocycles. The summed E-state index contributed by atoms with van der Waals surface area (Å²) in [7, 11) is 1.63. The summed E-state index contributed by atoms with van der Waals surface area (Å²) in [6.45, 7) is 1.82. The Labute approximate surface area is 135 Å². The van der Waals surface area contributed by atoms with E-state index in [1.807, 2.05) is 31.2 Å². The molecule has 0 heterocycles. The Morgan fingerprint density at radius 2 is 1.87 bits per heavy atom. The average Bonchev–Trinajstić information content (AvgIpc) is 2.58. The summed E-state index contributed by atoms with van der Waals surface area (Å²) in [5.74, 6) is -0.292. The normalized spacial score (nSPS) is 11.2. The van der Waals surface area contributed by atoms with E-state index in [0.717, 1.165) is 23.4 Å². The maximum Gasteiger partial charge on any atom is 0.274 e. The number of amides is 1. The molecule has 2 aromatic rings. The highest BCUT2D eigenvalue weighted by Crippen LogP contribution is 2.12. The van der Waals surface area contributed by atoms with Crippen LogP contribution in [0.1, 0.15) is 29.3 Å². The molecular weight excluding hydrogens is 295 g/mol. The van der Waals surface area contributed by atoms with Crippen molar-refractivity contribution in [3.63, 3.8) is 0 Å². The number of hydrogen-bond donors (Lipinski definition) is 1. The molecule has 0 spiro atoms. The van der Waals surface area contributed by atoms with Crippen LogP contribution < -0.4 is 10.2 Å². The molecular formula is C18H19FN2O2. The van der Waals surface area contributed by atoms with Crippen molar-refractivity contribution < 1.29 is 13.9 Å². The number of halogens is 1. The van der Waals surface area contributed by atoms with Crippen molar-refractivity contribution in [1.82, 2.24) is 5.43 Å². The van der Waals surface area contributed by atoms with Crippen LogP contribution in [0.25, 0.3) is 0 Å². The predicted molar refractivity (Wildman–Crippen MR) is 88.3 cm³/mol. The van der Waals surface area contributed by atoms with Gasteiger partial charge in [0.15, 0.2) is 0 Å². The highest BCUT2D eigenvalue weighted by molar-refractivity contribution is 5.95. The lowest BCUT2D eigenvalue weighted by atomic mass is 10.1. The summed E-state index contributed by atoms with van der Waals surface area (Å²) >= 11 is 0. The molecule has 0 aliphatic heterocycles. The zero-order valence-electron chi connectivity index (χ0n) is 13.2. The first-order valence-electron chi connectivity index (χ1n) is 7.31. The summed E-state index contributed by atoms with van der Waals surface area (Å²) < 4.78 is 18.6. The first-order valence-corrected chi connectivity index (χ1v) is 7.31. The van der Waals surface area contributed by atoms with E-state index in [9.17, 15) is 9.18 Å². The van der Waals surface area contributed by atoms with Gasteiger partial charge in [0.25, 0.3) is 5.91 Å². The van der Waals surface area contributed by atoms with Crippen molar-refractivity contribution >= 4 is 11.6 Å². The fraction of sp³-hybridized carbons (Fsp3) is 0.222. The quantitative estimate of drug-likeness (QED) is 0.654. The highest BCUT2D eigenvalue weighted by atomic mass is 19.1. The first-order chi connectivity index (χ1) is 11.1. The van der Waals surface area contributed by atoms with Crippen LogP contribution >= 0.6 is 0 Å². The van der Waals surface area contributed by atoms with Gasteiger partial charge in [0, 0.05) is 5.71 Å². The second-order valence-corrected chi connectivity index (χ2v) is 5.12.